The van der Waals surface area contributed by atoms with Crippen LogP contribution in [0.4, 0.5) is 0 Å². The summed E-state index contributed by atoms with van der Waals surface area (Å²) in [6.45, 7) is 6.85. The first kappa shape index (κ1) is 11.9. The molecule has 0 aliphatic heterocycles. The largest absolute Gasteiger partial charge is 0.316 e. The van der Waals surface area contributed by atoms with E-state index in [-0.39, 0.29) is 6.17 Å². The highest BCUT2D eigenvalue weighted by molar-refractivity contribution is 4.58. The van der Waals surface area contributed by atoms with Crippen LogP contribution >= 0.6 is 0 Å². The van der Waals surface area contributed by atoms with Crippen molar-refractivity contribution in [1.29, 1.82) is 0 Å². The average molecular weight is 172 g/mol. The van der Waals surface area contributed by atoms with Gasteiger partial charge in [0.15, 0.2) is 0 Å². The summed E-state index contributed by atoms with van der Waals surface area (Å²) in [7, 11) is 0. The van der Waals surface area contributed by atoms with Crippen LogP contribution in [-0.2, 0) is 0 Å². The third-order valence-electron chi connectivity index (χ3n) is 2.11. The van der Waals surface area contributed by atoms with Gasteiger partial charge in [-0.3, -0.25) is 0 Å². The highest BCUT2D eigenvalue weighted by atomic mass is 14.8. The van der Waals surface area contributed by atoms with Crippen molar-refractivity contribution in [3.63, 3.8) is 0 Å². The minimum atomic E-state index is -0.115. The van der Waals surface area contributed by atoms with Gasteiger partial charge in [0.2, 0.25) is 0 Å². The van der Waals surface area contributed by atoms with Crippen LogP contribution in [-0.4, -0.2) is 6.17 Å². The predicted octanol–water partition coefficient (Wildman–Crippen LogP) is 2.08. The first-order valence-electron chi connectivity index (χ1n) is 5.03. The Morgan fingerprint density at radius 3 is 2.00 bits per heavy atom. The van der Waals surface area contributed by atoms with E-state index in [2.05, 4.69) is 20.8 Å². The molecule has 0 aliphatic rings. The topological polar surface area (TPSA) is 52.0 Å². The van der Waals surface area contributed by atoms with Gasteiger partial charge in [0.1, 0.15) is 0 Å². The van der Waals surface area contributed by atoms with Crippen LogP contribution in [0, 0.1) is 11.8 Å². The summed E-state index contributed by atoms with van der Waals surface area (Å²) < 4.78 is 0. The van der Waals surface area contributed by atoms with E-state index in [0.29, 0.717) is 0 Å². The van der Waals surface area contributed by atoms with Crippen molar-refractivity contribution >= 4 is 0 Å². The van der Waals surface area contributed by atoms with Crippen LogP contribution in [0.1, 0.15) is 46.5 Å². The Bertz CT molecular complexity index is 100. The molecule has 0 fully saturated rings. The van der Waals surface area contributed by atoms with E-state index in [9.17, 15) is 0 Å². The second-order valence-corrected chi connectivity index (χ2v) is 4.33. The van der Waals surface area contributed by atoms with Gasteiger partial charge >= 0.3 is 0 Å². The Hall–Kier alpha value is -0.0800. The van der Waals surface area contributed by atoms with Crippen LogP contribution in [0.3, 0.4) is 0 Å². The lowest BCUT2D eigenvalue weighted by atomic mass is 9.94. The van der Waals surface area contributed by atoms with Crippen LogP contribution in [0.15, 0.2) is 0 Å². The van der Waals surface area contributed by atoms with Crippen LogP contribution in [0.2, 0.25) is 0 Å². The van der Waals surface area contributed by atoms with Crippen molar-refractivity contribution in [2.24, 2.45) is 23.3 Å². The third kappa shape index (κ3) is 8.02. The predicted molar refractivity (Wildman–Crippen MR) is 54.6 cm³/mol. The standard InChI is InChI=1S/C10H24N2/c1-8(2)7-9(3)5-4-6-10(11)12/h8-10H,4-7,11-12H2,1-3H3. The fourth-order valence-corrected chi connectivity index (χ4v) is 1.62. The fraction of sp³-hybridized carbons (Fsp3) is 1.00. The molecule has 0 rings (SSSR count). The van der Waals surface area contributed by atoms with Gasteiger partial charge < -0.3 is 11.5 Å². The molecule has 0 aliphatic carbocycles. The summed E-state index contributed by atoms with van der Waals surface area (Å²) in [5.41, 5.74) is 10.9. The lowest BCUT2D eigenvalue weighted by molar-refractivity contribution is 0.394. The van der Waals surface area contributed by atoms with E-state index < -0.39 is 0 Å². The second-order valence-electron chi connectivity index (χ2n) is 4.33. The summed E-state index contributed by atoms with van der Waals surface area (Å²) in [5, 5.41) is 0. The first-order valence-corrected chi connectivity index (χ1v) is 5.03. The van der Waals surface area contributed by atoms with Gasteiger partial charge in [-0.25, -0.2) is 0 Å². The van der Waals surface area contributed by atoms with Crippen molar-refractivity contribution in [2.45, 2.75) is 52.6 Å². The zero-order valence-electron chi connectivity index (χ0n) is 8.72. The first-order chi connectivity index (χ1) is 5.52. The maximum atomic E-state index is 5.46. The molecule has 0 saturated carbocycles. The Labute approximate surface area is 76.7 Å². The van der Waals surface area contributed by atoms with E-state index in [1.54, 1.807) is 0 Å². The summed E-state index contributed by atoms with van der Waals surface area (Å²) in [5.74, 6) is 1.63. The van der Waals surface area contributed by atoms with Gasteiger partial charge in [0.05, 0.1) is 6.17 Å². The van der Waals surface area contributed by atoms with Crippen LogP contribution in [0.5, 0.6) is 0 Å². The molecule has 0 saturated heterocycles. The van der Waals surface area contributed by atoms with E-state index >= 15 is 0 Å². The molecule has 0 amide bonds. The Morgan fingerprint density at radius 2 is 1.58 bits per heavy atom. The maximum absolute atomic E-state index is 5.46. The summed E-state index contributed by atoms with van der Waals surface area (Å²) >= 11 is 0. The van der Waals surface area contributed by atoms with Crippen molar-refractivity contribution in [3.05, 3.63) is 0 Å². The van der Waals surface area contributed by atoms with Crippen molar-refractivity contribution < 1.29 is 0 Å². The monoisotopic (exact) mass is 172 g/mol. The van der Waals surface area contributed by atoms with Crippen molar-refractivity contribution in [1.82, 2.24) is 0 Å². The van der Waals surface area contributed by atoms with Gasteiger partial charge in [-0.1, -0.05) is 33.6 Å². The summed E-state index contributed by atoms with van der Waals surface area (Å²) in [6, 6.07) is 0. The molecule has 0 aromatic carbocycles. The molecule has 12 heavy (non-hydrogen) atoms. The van der Waals surface area contributed by atoms with E-state index in [0.717, 1.165) is 18.3 Å². The van der Waals surface area contributed by atoms with E-state index in [1.165, 1.54) is 19.3 Å². The number of hydrogen-bond acceptors (Lipinski definition) is 2. The molecule has 4 N–H and O–H groups in total. The van der Waals surface area contributed by atoms with Crippen LogP contribution < -0.4 is 11.5 Å². The number of rotatable bonds is 6. The highest BCUT2D eigenvalue weighted by Gasteiger charge is 2.05. The molecular formula is C10H24N2. The molecule has 0 spiro atoms. The number of hydrogen-bond donors (Lipinski definition) is 2. The highest BCUT2D eigenvalue weighted by Crippen LogP contribution is 2.16. The SMILES string of the molecule is CC(C)CC(C)CCCC(N)N. The maximum Gasteiger partial charge on any atom is 0.0520 e. The van der Waals surface area contributed by atoms with Gasteiger partial charge in [-0.2, -0.15) is 0 Å². The molecule has 0 radical (unpaired) electrons. The minimum Gasteiger partial charge on any atom is -0.316 e. The van der Waals surface area contributed by atoms with Crippen molar-refractivity contribution in [3.8, 4) is 0 Å². The van der Waals surface area contributed by atoms with Gasteiger partial charge in [-0.05, 0) is 24.7 Å². The van der Waals surface area contributed by atoms with Crippen molar-refractivity contribution in [2.75, 3.05) is 0 Å². The minimum absolute atomic E-state index is 0.115. The fourth-order valence-electron chi connectivity index (χ4n) is 1.62. The molecular weight excluding hydrogens is 148 g/mol. The Morgan fingerprint density at radius 1 is 1.00 bits per heavy atom. The second kappa shape index (κ2) is 6.44. The Balaban J connectivity index is 3.25. The molecule has 2 nitrogen and oxygen atoms in total. The van der Waals surface area contributed by atoms with Crippen LogP contribution in [0.25, 0.3) is 0 Å². The molecule has 74 valence electrons. The zero-order chi connectivity index (χ0) is 9.56. The quantitative estimate of drug-likeness (QED) is 0.603. The molecule has 0 aromatic rings. The molecule has 1 unspecified atom stereocenters. The molecule has 0 heterocycles. The lowest BCUT2D eigenvalue weighted by Gasteiger charge is -2.14. The van der Waals surface area contributed by atoms with E-state index in [4.69, 9.17) is 11.5 Å². The average Bonchev–Trinajstić information content (AvgIpc) is 1.84. The van der Waals surface area contributed by atoms with Gasteiger partial charge in [-0.15, -0.1) is 0 Å². The summed E-state index contributed by atoms with van der Waals surface area (Å²) in [6.07, 6.45) is 4.60. The van der Waals surface area contributed by atoms with Gasteiger partial charge in [0, 0.05) is 0 Å². The third-order valence-corrected chi connectivity index (χ3v) is 2.11. The Kier molecular flexibility index (Phi) is 6.39. The number of nitrogens with two attached hydrogens (primary N) is 2. The van der Waals surface area contributed by atoms with E-state index in [1.807, 2.05) is 0 Å². The zero-order valence-corrected chi connectivity index (χ0v) is 8.72. The molecule has 0 aromatic heterocycles. The summed E-state index contributed by atoms with van der Waals surface area (Å²) in [4.78, 5) is 0. The normalized spacial score (nSPS) is 14.2. The van der Waals surface area contributed by atoms with Gasteiger partial charge in [0.25, 0.3) is 0 Å². The smallest absolute Gasteiger partial charge is 0.0520 e. The molecule has 2 heteroatoms. The lowest BCUT2D eigenvalue weighted by Crippen LogP contribution is -2.30. The molecule has 0 bridgehead atoms. The molecule has 1 atom stereocenters.